The number of hydrogen-bond donors (Lipinski definition) is 2. The van der Waals surface area contributed by atoms with Gasteiger partial charge in [0.15, 0.2) is 5.78 Å². The van der Waals surface area contributed by atoms with Crippen molar-refractivity contribution in [3.05, 3.63) is 58.9 Å². The number of ether oxygens (including phenoxy) is 2. The fraction of sp³-hybridized carbons (Fsp3) is 0.571. The van der Waals surface area contributed by atoms with E-state index in [1.807, 2.05) is 43.9 Å². The fourth-order valence-corrected chi connectivity index (χ4v) is 6.43. The van der Waals surface area contributed by atoms with Crippen LogP contribution >= 0.6 is 0 Å². The monoisotopic (exact) mass is 609 g/mol. The van der Waals surface area contributed by atoms with Crippen LogP contribution in [0.4, 0.5) is 4.39 Å². The van der Waals surface area contributed by atoms with E-state index in [0.29, 0.717) is 32.0 Å². The topological polar surface area (TPSA) is 97.0 Å². The Morgan fingerprint density at radius 2 is 1.80 bits per heavy atom. The number of methoxy groups -OCH3 is 1. The molecule has 2 amide bonds. The van der Waals surface area contributed by atoms with E-state index >= 15 is 4.39 Å². The lowest BCUT2D eigenvalue weighted by Crippen LogP contribution is -2.48. The highest BCUT2D eigenvalue weighted by molar-refractivity contribution is 5.98. The molecule has 1 saturated carbocycles. The number of rotatable bonds is 13. The minimum atomic E-state index is -0.608. The molecule has 0 aromatic heterocycles. The largest absolute Gasteiger partial charge is 0.497 e. The first-order valence-corrected chi connectivity index (χ1v) is 16.1. The van der Waals surface area contributed by atoms with Crippen LogP contribution in [0.5, 0.6) is 11.5 Å². The number of likely N-dealkylation sites (tertiary alicyclic amines) is 1. The van der Waals surface area contributed by atoms with Crippen LogP contribution < -0.4 is 20.1 Å². The van der Waals surface area contributed by atoms with Crippen molar-refractivity contribution in [2.45, 2.75) is 84.2 Å². The van der Waals surface area contributed by atoms with E-state index in [-0.39, 0.29) is 41.6 Å². The molecule has 2 aromatic carbocycles. The van der Waals surface area contributed by atoms with Crippen LogP contribution in [0.1, 0.15) is 93.1 Å². The van der Waals surface area contributed by atoms with Crippen LogP contribution in [-0.2, 0) is 16.1 Å². The van der Waals surface area contributed by atoms with Crippen LogP contribution in [0.2, 0.25) is 0 Å². The van der Waals surface area contributed by atoms with Gasteiger partial charge in [0.25, 0.3) is 5.91 Å². The standard InChI is InChI=1S/C35H48FN3O5/c1-5-44-31-19-28(43-4)15-13-26(31)20-37-21-32(40)39-17-9-12-27(22-39)25-14-16-30(36)29(18-25)35(42)38-33(34(41)23(2)3)24-10-7-6-8-11-24/h13-16,18-19,23-24,27,33,37H,5-12,17,20-22H2,1-4H3,(H,38,42)/t27?,33-/m1/s1. The molecule has 0 spiro atoms. The number of ketones is 1. The molecule has 2 atom stereocenters. The van der Waals surface area contributed by atoms with Gasteiger partial charge in [0, 0.05) is 43.1 Å². The molecule has 0 bridgehead atoms. The molecule has 1 unspecified atom stereocenters. The van der Waals surface area contributed by atoms with Gasteiger partial charge in [-0.05, 0) is 62.3 Å². The Morgan fingerprint density at radius 3 is 2.50 bits per heavy atom. The molecule has 2 aliphatic rings. The van der Waals surface area contributed by atoms with Crippen molar-refractivity contribution >= 4 is 17.6 Å². The van der Waals surface area contributed by atoms with Crippen LogP contribution in [0.15, 0.2) is 36.4 Å². The smallest absolute Gasteiger partial charge is 0.254 e. The first-order valence-electron chi connectivity index (χ1n) is 16.1. The molecule has 8 nitrogen and oxygen atoms in total. The summed E-state index contributed by atoms with van der Waals surface area (Å²) in [7, 11) is 1.61. The molecule has 2 N–H and O–H groups in total. The summed E-state index contributed by atoms with van der Waals surface area (Å²) < 4.78 is 26.0. The van der Waals surface area contributed by atoms with E-state index in [2.05, 4.69) is 10.6 Å². The maximum Gasteiger partial charge on any atom is 0.254 e. The van der Waals surface area contributed by atoms with Gasteiger partial charge in [-0.3, -0.25) is 14.4 Å². The van der Waals surface area contributed by atoms with E-state index in [9.17, 15) is 14.4 Å². The van der Waals surface area contributed by atoms with E-state index in [1.165, 1.54) is 6.07 Å². The zero-order valence-electron chi connectivity index (χ0n) is 26.6. The molecular weight excluding hydrogens is 561 g/mol. The minimum Gasteiger partial charge on any atom is -0.497 e. The van der Waals surface area contributed by atoms with E-state index < -0.39 is 17.8 Å². The summed E-state index contributed by atoms with van der Waals surface area (Å²) in [5.41, 5.74) is 1.72. The number of piperidine rings is 1. The number of hydrogen-bond acceptors (Lipinski definition) is 6. The molecule has 1 aliphatic heterocycles. The molecule has 2 fully saturated rings. The number of halogens is 1. The number of amides is 2. The second-order valence-corrected chi connectivity index (χ2v) is 12.3. The van der Waals surface area contributed by atoms with Crippen molar-refractivity contribution in [2.75, 3.05) is 33.4 Å². The predicted octanol–water partition coefficient (Wildman–Crippen LogP) is 5.63. The zero-order chi connectivity index (χ0) is 31.6. The van der Waals surface area contributed by atoms with Gasteiger partial charge in [-0.2, -0.15) is 0 Å². The Labute approximate surface area is 261 Å². The average Bonchev–Trinajstić information content (AvgIpc) is 3.04. The van der Waals surface area contributed by atoms with Gasteiger partial charge in [-0.1, -0.05) is 45.2 Å². The van der Waals surface area contributed by atoms with Crippen molar-refractivity contribution < 1.29 is 28.2 Å². The second kappa shape index (κ2) is 16.0. The van der Waals surface area contributed by atoms with E-state index in [0.717, 1.165) is 61.8 Å². The molecule has 0 radical (unpaired) electrons. The van der Waals surface area contributed by atoms with Gasteiger partial charge in [-0.25, -0.2) is 4.39 Å². The first-order chi connectivity index (χ1) is 21.2. The highest BCUT2D eigenvalue weighted by Crippen LogP contribution is 2.31. The summed E-state index contributed by atoms with van der Waals surface area (Å²) in [6.07, 6.45) is 6.64. The molecule has 44 heavy (non-hydrogen) atoms. The normalized spacial score (nSPS) is 18.1. The third-order valence-electron chi connectivity index (χ3n) is 8.93. The van der Waals surface area contributed by atoms with Crippen LogP contribution in [0.25, 0.3) is 0 Å². The summed E-state index contributed by atoms with van der Waals surface area (Å²) in [4.78, 5) is 41.5. The van der Waals surface area contributed by atoms with Crippen LogP contribution in [0.3, 0.4) is 0 Å². The highest BCUT2D eigenvalue weighted by atomic mass is 19.1. The number of nitrogens with one attached hydrogen (secondary N) is 2. The predicted molar refractivity (Wildman–Crippen MR) is 168 cm³/mol. The SMILES string of the molecule is CCOc1cc(OC)ccc1CNCC(=O)N1CCCC(c2ccc(F)c(C(=O)N[C@@H](C(=O)C(C)C)C3CCCCC3)c2)C1. The number of Topliss-reactive ketones (excluding diaryl/α,β-unsaturated/α-hetero) is 1. The Kier molecular flexibility index (Phi) is 12.2. The third kappa shape index (κ3) is 8.58. The third-order valence-corrected chi connectivity index (χ3v) is 8.93. The molecule has 240 valence electrons. The number of carbonyl (C=O) groups excluding carboxylic acids is 3. The molecule has 2 aromatic rings. The number of benzene rings is 2. The lowest BCUT2D eigenvalue weighted by molar-refractivity contribution is -0.131. The van der Waals surface area contributed by atoms with E-state index in [1.54, 1.807) is 19.2 Å². The van der Waals surface area contributed by atoms with Gasteiger partial charge < -0.3 is 25.0 Å². The first kappa shape index (κ1) is 33.4. The molecular formula is C35H48FN3O5. The van der Waals surface area contributed by atoms with Gasteiger partial charge in [0.1, 0.15) is 17.3 Å². The Hall–Kier alpha value is -3.46. The minimum absolute atomic E-state index is 0.00189. The molecule has 1 heterocycles. The lowest BCUT2D eigenvalue weighted by Gasteiger charge is -2.33. The maximum absolute atomic E-state index is 15.0. The summed E-state index contributed by atoms with van der Waals surface area (Å²) in [5.74, 6) is 0.105. The molecule has 1 saturated heterocycles. The summed E-state index contributed by atoms with van der Waals surface area (Å²) in [6, 6.07) is 9.68. The number of carbonyl (C=O) groups is 3. The van der Waals surface area contributed by atoms with Crippen molar-refractivity contribution in [3.8, 4) is 11.5 Å². The van der Waals surface area contributed by atoms with Gasteiger partial charge in [0.2, 0.25) is 5.91 Å². The van der Waals surface area contributed by atoms with Gasteiger partial charge >= 0.3 is 0 Å². The average molecular weight is 610 g/mol. The Morgan fingerprint density at radius 1 is 1.02 bits per heavy atom. The Balaban J connectivity index is 1.39. The van der Waals surface area contributed by atoms with Crippen molar-refractivity contribution in [2.24, 2.45) is 11.8 Å². The summed E-state index contributed by atoms with van der Waals surface area (Å²) >= 11 is 0. The van der Waals surface area contributed by atoms with Crippen LogP contribution in [0, 0.1) is 17.7 Å². The molecule has 1 aliphatic carbocycles. The summed E-state index contributed by atoms with van der Waals surface area (Å²) in [5, 5.41) is 6.16. The quantitative estimate of drug-likeness (QED) is 0.306. The fourth-order valence-electron chi connectivity index (χ4n) is 6.43. The number of nitrogens with zero attached hydrogens (tertiary/aromatic N) is 1. The van der Waals surface area contributed by atoms with Crippen LogP contribution in [-0.4, -0.2) is 61.9 Å². The second-order valence-electron chi connectivity index (χ2n) is 12.3. The van der Waals surface area contributed by atoms with Gasteiger partial charge in [0.05, 0.1) is 31.9 Å². The zero-order valence-corrected chi connectivity index (χ0v) is 26.6. The van der Waals surface area contributed by atoms with E-state index in [4.69, 9.17) is 9.47 Å². The van der Waals surface area contributed by atoms with Crippen molar-refractivity contribution in [1.82, 2.24) is 15.5 Å². The van der Waals surface area contributed by atoms with Gasteiger partial charge in [-0.15, -0.1) is 0 Å². The summed E-state index contributed by atoms with van der Waals surface area (Å²) in [6.45, 7) is 7.93. The molecule has 9 heteroatoms. The maximum atomic E-state index is 15.0. The Bertz CT molecular complexity index is 1290. The van der Waals surface area contributed by atoms with Crippen molar-refractivity contribution in [3.63, 3.8) is 0 Å². The molecule has 4 rings (SSSR count). The lowest BCUT2D eigenvalue weighted by atomic mass is 9.80. The highest BCUT2D eigenvalue weighted by Gasteiger charge is 2.33. The van der Waals surface area contributed by atoms with Crippen molar-refractivity contribution in [1.29, 1.82) is 0 Å².